The molecule has 7 heteroatoms. The predicted octanol–water partition coefficient (Wildman–Crippen LogP) is 2.59. The lowest BCUT2D eigenvalue weighted by molar-refractivity contribution is 0.102. The molecule has 0 saturated carbocycles. The molecule has 1 aromatic carbocycles. The van der Waals surface area contributed by atoms with Crippen LogP contribution in [-0.2, 0) is 0 Å². The predicted molar refractivity (Wildman–Crippen MR) is 79.5 cm³/mol. The Hall–Kier alpha value is -2.41. The monoisotopic (exact) mass is 334 g/mol. The van der Waals surface area contributed by atoms with Gasteiger partial charge in [0.2, 0.25) is 0 Å². The molecular formula is C13H11BrN4O2. The standard InChI is InChI=1S/C13H11BrN4O2/c14-11-6-8(4-5-16-11)12(19)17-9-2-1-3-10(7-9)18-13(15)20/h1-7H,(H,17,19)(H3,15,18,20). The normalized spacial score (nSPS) is 9.85. The minimum Gasteiger partial charge on any atom is -0.351 e. The Balaban J connectivity index is 2.13. The number of hydrogen-bond donors (Lipinski definition) is 3. The van der Waals surface area contributed by atoms with E-state index >= 15 is 0 Å². The summed E-state index contributed by atoms with van der Waals surface area (Å²) in [6.45, 7) is 0. The van der Waals surface area contributed by atoms with Gasteiger partial charge in [-0.3, -0.25) is 4.79 Å². The molecule has 0 bridgehead atoms. The maximum absolute atomic E-state index is 12.0. The largest absolute Gasteiger partial charge is 0.351 e. The highest BCUT2D eigenvalue weighted by atomic mass is 79.9. The topological polar surface area (TPSA) is 97.1 Å². The van der Waals surface area contributed by atoms with Crippen LogP contribution in [0.5, 0.6) is 0 Å². The van der Waals surface area contributed by atoms with Crippen molar-refractivity contribution in [1.82, 2.24) is 4.98 Å². The fraction of sp³-hybridized carbons (Fsp3) is 0. The van der Waals surface area contributed by atoms with Gasteiger partial charge in [0.1, 0.15) is 4.60 Å². The number of carbonyl (C=O) groups is 2. The van der Waals surface area contributed by atoms with Gasteiger partial charge in [-0.25, -0.2) is 9.78 Å². The Bertz CT molecular complexity index is 660. The summed E-state index contributed by atoms with van der Waals surface area (Å²) in [5, 5.41) is 5.16. The lowest BCUT2D eigenvalue weighted by atomic mass is 10.2. The van der Waals surface area contributed by atoms with Crippen LogP contribution in [-0.4, -0.2) is 16.9 Å². The van der Waals surface area contributed by atoms with Crippen molar-refractivity contribution in [3.63, 3.8) is 0 Å². The van der Waals surface area contributed by atoms with Crippen molar-refractivity contribution >= 4 is 39.2 Å². The Labute approximate surface area is 123 Å². The van der Waals surface area contributed by atoms with Gasteiger partial charge in [-0.2, -0.15) is 0 Å². The van der Waals surface area contributed by atoms with Crippen LogP contribution in [0.3, 0.4) is 0 Å². The first-order valence-corrected chi connectivity index (χ1v) is 6.43. The molecule has 0 aliphatic rings. The zero-order valence-corrected chi connectivity index (χ0v) is 11.8. The highest BCUT2D eigenvalue weighted by Crippen LogP contribution is 2.16. The van der Waals surface area contributed by atoms with E-state index in [-0.39, 0.29) is 5.91 Å². The fourth-order valence-corrected chi connectivity index (χ4v) is 1.93. The molecule has 6 nitrogen and oxygen atoms in total. The number of primary amides is 1. The first-order chi connectivity index (χ1) is 9.54. The van der Waals surface area contributed by atoms with E-state index in [1.807, 2.05) is 0 Å². The number of nitrogens with two attached hydrogens (primary N) is 1. The van der Waals surface area contributed by atoms with Crippen LogP contribution >= 0.6 is 15.9 Å². The summed E-state index contributed by atoms with van der Waals surface area (Å²) in [6.07, 6.45) is 1.53. The molecule has 4 N–H and O–H groups in total. The van der Waals surface area contributed by atoms with Crippen molar-refractivity contribution in [2.75, 3.05) is 10.6 Å². The first-order valence-electron chi connectivity index (χ1n) is 5.64. The zero-order valence-electron chi connectivity index (χ0n) is 10.3. The average molecular weight is 335 g/mol. The third-order valence-corrected chi connectivity index (χ3v) is 2.81. The SMILES string of the molecule is NC(=O)Nc1cccc(NC(=O)c2ccnc(Br)c2)c1. The number of nitrogens with zero attached hydrogens (tertiary/aromatic N) is 1. The summed E-state index contributed by atoms with van der Waals surface area (Å²) in [4.78, 5) is 26.8. The van der Waals surface area contributed by atoms with Crippen molar-refractivity contribution in [3.8, 4) is 0 Å². The minimum atomic E-state index is -0.661. The summed E-state index contributed by atoms with van der Waals surface area (Å²) in [5.41, 5.74) is 6.56. The van der Waals surface area contributed by atoms with Crippen molar-refractivity contribution in [2.24, 2.45) is 5.73 Å². The molecule has 20 heavy (non-hydrogen) atoms. The molecule has 0 unspecified atom stereocenters. The molecule has 0 aliphatic heterocycles. The van der Waals surface area contributed by atoms with E-state index in [1.165, 1.54) is 6.20 Å². The van der Waals surface area contributed by atoms with Gasteiger partial charge in [0.05, 0.1) is 0 Å². The van der Waals surface area contributed by atoms with Crippen LogP contribution in [0.4, 0.5) is 16.2 Å². The summed E-state index contributed by atoms with van der Waals surface area (Å²) in [5.74, 6) is -0.274. The molecule has 0 atom stereocenters. The van der Waals surface area contributed by atoms with Gasteiger partial charge in [-0.05, 0) is 46.3 Å². The molecule has 0 radical (unpaired) electrons. The van der Waals surface area contributed by atoms with Gasteiger partial charge in [-0.15, -0.1) is 0 Å². The van der Waals surface area contributed by atoms with Gasteiger partial charge >= 0.3 is 6.03 Å². The number of aromatic nitrogens is 1. The van der Waals surface area contributed by atoms with Gasteiger partial charge < -0.3 is 16.4 Å². The maximum atomic E-state index is 12.0. The smallest absolute Gasteiger partial charge is 0.316 e. The van der Waals surface area contributed by atoms with Crippen LogP contribution in [0, 0.1) is 0 Å². The second-order valence-corrected chi connectivity index (χ2v) is 4.70. The van der Waals surface area contributed by atoms with E-state index in [2.05, 4.69) is 31.5 Å². The molecule has 3 amide bonds. The number of amides is 3. The van der Waals surface area contributed by atoms with E-state index in [0.717, 1.165) is 0 Å². The molecule has 2 rings (SSSR count). The number of pyridine rings is 1. The minimum absolute atomic E-state index is 0.274. The van der Waals surface area contributed by atoms with E-state index in [0.29, 0.717) is 21.5 Å². The van der Waals surface area contributed by atoms with E-state index in [1.54, 1.807) is 36.4 Å². The number of nitrogens with one attached hydrogen (secondary N) is 2. The number of carbonyl (C=O) groups excluding carboxylic acids is 2. The molecule has 1 heterocycles. The maximum Gasteiger partial charge on any atom is 0.316 e. The molecule has 0 aliphatic carbocycles. The van der Waals surface area contributed by atoms with Crippen molar-refractivity contribution in [1.29, 1.82) is 0 Å². The molecular weight excluding hydrogens is 324 g/mol. The Morgan fingerprint density at radius 3 is 2.45 bits per heavy atom. The summed E-state index contributed by atoms with van der Waals surface area (Å²) < 4.78 is 0.578. The highest BCUT2D eigenvalue weighted by molar-refractivity contribution is 9.10. The number of benzene rings is 1. The van der Waals surface area contributed by atoms with E-state index < -0.39 is 6.03 Å². The van der Waals surface area contributed by atoms with Gasteiger partial charge in [-0.1, -0.05) is 6.07 Å². The number of urea groups is 1. The second kappa shape index (κ2) is 6.16. The third kappa shape index (κ3) is 3.79. The van der Waals surface area contributed by atoms with Crippen molar-refractivity contribution in [2.45, 2.75) is 0 Å². The van der Waals surface area contributed by atoms with Crippen molar-refractivity contribution in [3.05, 3.63) is 52.8 Å². The lowest BCUT2D eigenvalue weighted by Crippen LogP contribution is -2.19. The van der Waals surface area contributed by atoms with Crippen LogP contribution in [0.15, 0.2) is 47.2 Å². The summed E-state index contributed by atoms with van der Waals surface area (Å²) in [7, 11) is 0. The average Bonchev–Trinajstić information content (AvgIpc) is 2.38. The molecule has 0 fully saturated rings. The van der Waals surface area contributed by atoms with Gasteiger partial charge in [0.15, 0.2) is 0 Å². The molecule has 0 spiro atoms. The Morgan fingerprint density at radius 1 is 1.10 bits per heavy atom. The molecule has 1 aromatic heterocycles. The lowest BCUT2D eigenvalue weighted by Gasteiger charge is -2.07. The molecule has 102 valence electrons. The van der Waals surface area contributed by atoms with Crippen LogP contribution in [0.2, 0.25) is 0 Å². The quantitative estimate of drug-likeness (QED) is 0.752. The van der Waals surface area contributed by atoms with Crippen LogP contribution < -0.4 is 16.4 Å². The first kappa shape index (κ1) is 14.0. The number of rotatable bonds is 3. The summed E-state index contributed by atoms with van der Waals surface area (Å²) >= 11 is 3.20. The Kier molecular flexibility index (Phi) is 4.31. The van der Waals surface area contributed by atoms with E-state index in [9.17, 15) is 9.59 Å². The van der Waals surface area contributed by atoms with Crippen LogP contribution in [0.1, 0.15) is 10.4 Å². The van der Waals surface area contributed by atoms with Crippen molar-refractivity contribution < 1.29 is 9.59 Å². The number of halogens is 1. The molecule has 2 aromatic rings. The van der Waals surface area contributed by atoms with E-state index in [4.69, 9.17) is 5.73 Å². The summed E-state index contributed by atoms with van der Waals surface area (Å²) in [6, 6.07) is 9.24. The highest BCUT2D eigenvalue weighted by Gasteiger charge is 2.07. The van der Waals surface area contributed by atoms with Crippen LogP contribution in [0.25, 0.3) is 0 Å². The fourth-order valence-electron chi connectivity index (χ4n) is 1.56. The number of hydrogen-bond acceptors (Lipinski definition) is 3. The number of anilines is 2. The van der Waals surface area contributed by atoms with Gasteiger partial charge in [0.25, 0.3) is 5.91 Å². The Morgan fingerprint density at radius 2 is 1.80 bits per heavy atom. The second-order valence-electron chi connectivity index (χ2n) is 3.89. The zero-order chi connectivity index (χ0) is 14.5. The molecule has 0 saturated heterocycles. The third-order valence-electron chi connectivity index (χ3n) is 2.38. The van der Waals surface area contributed by atoms with Gasteiger partial charge in [0, 0.05) is 23.1 Å².